The van der Waals surface area contributed by atoms with Crippen LogP contribution in [0.5, 0.6) is 0 Å². The van der Waals surface area contributed by atoms with Crippen LogP contribution in [-0.4, -0.2) is 17.6 Å². The molecule has 0 saturated carbocycles. The second-order valence-electron chi connectivity index (χ2n) is 4.38. The summed E-state index contributed by atoms with van der Waals surface area (Å²) in [5.74, 6) is -0.634. The fourth-order valence-electron chi connectivity index (χ4n) is 2.22. The van der Waals surface area contributed by atoms with Crippen molar-refractivity contribution in [2.75, 3.05) is 6.54 Å². The lowest BCUT2D eigenvalue weighted by Crippen LogP contribution is -2.32. The van der Waals surface area contributed by atoms with Gasteiger partial charge in [-0.25, -0.2) is 4.79 Å². The second kappa shape index (κ2) is 4.16. The van der Waals surface area contributed by atoms with Crippen LogP contribution in [0.1, 0.15) is 51.5 Å². The lowest BCUT2D eigenvalue weighted by atomic mass is 9.91. The van der Waals surface area contributed by atoms with Gasteiger partial charge in [0, 0.05) is 24.0 Å². The molecule has 0 aromatic carbocycles. The summed E-state index contributed by atoms with van der Waals surface area (Å²) >= 11 is 1.36. The van der Waals surface area contributed by atoms with E-state index in [0.29, 0.717) is 4.88 Å². The van der Waals surface area contributed by atoms with E-state index in [-0.39, 0.29) is 12.0 Å². The number of aromatic carboxylic acids is 1. The number of hydrogen-bond donors (Lipinski definition) is 3. The smallest absolute Gasteiger partial charge is 0.346 e. The Morgan fingerprint density at radius 1 is 1.62 bits per heavy atom. The van der Waals surface area contributed by atoms with Crippen molar-refractivity contribution in [3.05, 3.63) is 20.9 Å². The van der Waals surface area contributed by atoms with E-state index in [0.717, 1.165) is 29.1 Å². The summed E-state index contributed by atoms with van der Waals surface area (Å²) in [6.07, 6.45) is 0. The summed E-state index contributed by atoms with van der Waals surface area (Å²) in [6, 6.07) is -0.0782. The standard InChI is InChI=1S/C11H16N2O2S/c1-5(2)8-9-6(12)3-13-4-7(9)16-10(8)11(14)15/h5-6,13H,3-4,12H2,1-2H3,(H,14,15). The Hall–Kier alpha value is -0.910. The third-order valence-corrected chi connectivity index (χ3v) is 4.06. The predicted molar refractivity (Wildman–Crippen MR) is 64.0 cm³/mol. The number of rotatable bonds is 2. The molecule has 88 valence electrons. The number of fused-ring (bicyclic) bond motifs is 1. The number of nitrogens with one attached hydrogen (secondary N) is 1. The van der Waals surface area contributed by atoms with Crippen molar-refractivity contribution in [3.63, 3.8) is 0 Å². The van der Waals surface area contributed by atoms with Crippen LogP contribution in [0.2, 0.25) is 0 Å². The molecule has 1 aromatic rings. The van der Waals surface area contributed by atoms with Gasteiger partial charge < -0.3 is 16.2 Å². The largest absolute Gasteiger partial charge is 0.477 e. The third-order valence-electron chi connectivity index (χ3n) is 2.85. The van der Waals surface area contributed by atoms with Crippen LogP contribution in [0.3, 0.4) is 0 Å². The lowest BCUT2D eigenvalue weighted by Gasteiger charge is -2.22. The molecule has 1 aromatic heterocycles. The maximum Gasteiger partial charge on any atom is 0.346 e. The number of thiophene rings is 1. The van der Waals surface area contributed by atoms with Crippen LogP contribution in [-0.2, 0) is 6.54 Å². The number of carboxylic acids is 1. The highest BCUT2D eigenvalue weighted by Gasteiger charge is 2.29. The maximum atomic E-state index is 11.2. The second-order valence-corrected chi connectivity index (χ2v) is 5.48. The molecule has 1 aliphatic heterocycles. The van der Waals surface area contributed by atoms with Gasteiger partial charge in [-0.1, -0.05) is 13.8 Å². The summed E-state index contributed by atoms with van der Waals surface area (Å²) < 4.78 is 0. The highest BCUT2D eigenvalue weighted by Crippen LogP contribution is 2.38. The van der Waals surface area contributed by atoms with E-state index in [9.17, 15) is 9.90 Å². The zero-order valence-electron chi connectivity index (χ0n) is 9.41. The van der Waals surface area contributed by atoms with Gasteiger partial charge in [0.1, 0.15) is 4.88 Å². The van der Waals surface area contributed by atoms with Gasteiger partial charge in [-0.3, -0.25) is 0 Å². The average Bonchev–Trinajstić information content (AvgIpc) is 2.58. The van der Waals surface area contributed by atoms with Gasteiger partial charge in [0.25, 0.3) is 0 Å². The van der Waals surface area contributed by atoms with E-state index < -0.39 is 5.97 Å². The Bertz CT molecular complexity index is 426. The van der Waals surface area contributed by atoms with E-state index >= 15 is 0 Å². The number of hydrogen-bond acceptors (Lipinski definition) is 4. The molecule has 0 radical (unpaired) electrons. The van der Waals surface area contributed by atoms with Crippen LogP contribution in [0.25, 0.3) is 0 Å². The zero-order valence-corrected chi connectivity index (χ0v) is 10.2. The first-order valence-corrected chi connectivity index (χ1v) is 6.19. The Morgan fingerprint density at radius 3 is 2.88 bits per heavy atom. The van der Waals surface area contributed by atoms with Crippen LogP contribution in [0.4, 0.5) is 0 Å². The minimum absolute atomic E-state index is 0.0782. The number of carbonyl (C=O) groups is 1. The first-order chi connectivity index (χ1) is 7.52. The van der Waals surface area contributed by atoms with Gasteiger partial charge in [-0.05, 0) is 17.0 Å². The maximum absolute atomic E-state index is 11.2. The van der Waals surface area contributed by atoms with E-state index in [1.807, 2.05) is 13.8 Å². The Kier molecular flexibility index (Phi) is 3.01. The Balaban J connectivity index is 2.61. The molecule has 16 heavy (non-hydrogen) atoms. The van der Waals surface area contributed by atoms with Crippen LogP contribution in [0, 0.1) is 0 Å². The van der Waals surface area contributed by atoms with Gasteiger partial charge in [-0.2, -0.15) is 0 Å². The minimum Gasteiger partial charge on any atom is -0.477 e. The normalized spacial score (nSPS) is 19.9. The van der Waals surface area contributed by atoms with E-state index in [2.05, 4.69) is 5.32 Å². The van der Waals surface area contributed by atoms with Crippen molar-refractivity contribution < 1.29 is 9.90 Å². The predicted octanol–water partition coefficient (Wildman–Crippen LogP) is 1.67. The zero-order chi connectivity index (χ0) is 11.9. The quantitative estimate of drug-likeness (QED) is 0.735. The molecular weight excluding hydrogens is 224 g/mol. The van der Waals surface area contributed by atoms with E-state index in [4.69, 9.17) is 5.73 Å². The first-order valence-electron chi connectivity index (χ1n) is 5.37. The SMILES string of the molecule is CC(C)c1c(C(=O)O)sc2c1C(N)CNC2. The van der Waals surface area contributed by atoms with Crippen LogP contribution in [0.15, 0.2) is 0 Å². The van der Waals surface area contributed by atoms with Gasteiger partial charge in [0.05, 0.1) is 0 Å². The average molecular weight is 240 g/mol. The lowest BCUT2D eigenvalue weighted by molar-refractivity contribution is 0.0700. The van der Waals surface area contributed by atoms with Crippen LogP contribution >= 0.6 is 11.3 Å². The van der Waals surface area contributed by atoms with Crippen molar-refractivity contribution in [3.8, 4) is 0 Å². The molecular formula is C11H16N2O2S. The van der Waals surface area contributed by atoms with Gasteiger partial charge in [0.15, 0.2) is 0 Å². The van der Waals surface area contributed by atoms with Crippen molar-refractivity contribution in [1.29, 1.82) is 0 Å². The summed E-state index contributed by atoms with van der Waals surface area (Å²) in [6.45, 7) is 5.50. The summed E-state index contributed by atoms with van der Waals surface area (Å²) in [5, 5.41) is 12.4. The third kappa shape index (κ3) is 1.75. The van der Waals surface area contributed by atoms with Crippen LogP contribution < -0.4 is 11.1 Å². The molecule has 2 rings (SSSR count). The highest BCUT2D eigenvalue weighted by atomic mass is 32.1. The molecule has 0 bridgehead atoms. The van der Waals surface area contributed by atoms with Crippen molar-refractivity contribution in [2.45, 2.75) is 32.4 Å². The molecule has 0 saturated heterocycles. The Morgan fingerprint density at radius 2 is 2.31 bits per heavy atom. The Labute approximate surface area is 98.5 Å². The van der Waals surface area contributed by atoms with Gasteiger partial charge in [-0.15, -0.1) is 11.3 Å². The van der Waals surface area contributed by atoms with Gasteiger partial charge >= 0.3 is 5.97 Å². The number of carboxylic acid groups (broad SMARTS) is 1. The van der Waals surface area contributed by atoms with Crippen molar-refractivity contribution in [1.82, 2.24) is 5.32 Å². The molecule has 0 spiro atoms. The molecule has 1 atom stereocenters. The molecule has 1 aliphatic rings. The monoisotopic (exact) mass is 240 g/mol. The summed E-state index contributed by atoms with van der Waals surface area (Å²) in [4.78, 5) is 12.7. The molecule has 5 heteroatoms. The molecule has 0 aliphatic carbocycles. The topological polar surface area (TPSA) is 75.3 Å². The molecule has 0 amide bonds. The van der Waals surface area contributed by atoms with E-state index in [1.54, 1.807) is 0 Å². The molecule has 4 nitrogen and oxygen atoms in total. The molecule has 0 fully saturated rings. The summed E-state index contributed by atoms with van der Waals surface area (Å²) in [5.41, 5.74) is 8.05. The summed E-state index contributed by atoms with van der Waals surface area (Å²) in [7, 11) is 0. The fourth-order valence-corrected chi connectivity index (χ4v) is 3.55. The highest BCUT2D eigenvalue weighted by molar-refractivity contribution is 7.14. The first kappa shape index (κ1) is 11.6. The fraction of sp³-hybridized carbons (Fsp3) is 0.545. The van der Waals surface area contributed by atoms with Crippen molar-refractivity contribution >= 4 is 17.3 Å². The molecule has 4 N–H and O–H groups in total. The minimum atomic E-state index is -0.838. The molecule has 2 heterocycles. The van der Waals surface area contributed by atoms with Crippen molar-refractivity contribution in [2.24, 2.45) is 5.73 Å². The van der Waals surface area contributed by atoms with Gasteiger partial charge in [0.2, 0.25) is 0 Å². The molecule has 1 unspecified atom stereocenters. The van der Waals surface area contributed by atoms with E-state index in [1.165, 1.54) is 11.3 Å². The number of nitrogens with two attached hydrogens (primary N) is 1.